The zero-order chi connectivity index (χ0) is 14.2. The molecule has 0 aliphatic heterocycles. The maximum absolute atomic E-state index is 12.3. The number of benzene rings is 1. The second-order valence-corrected chi connectivity index (χ2v) is 5.33. The summed E-state index contributed by atoms with van der Waals surface area (Å²) in [7, 11) is 0. The zero-order valence-corrected chi connectivity index (χ0v) is 10.8. The molecule has 20 heavy (non-hydrogen) atoms. The molecule has 6 nitrogen and oxygen atoms in total. The molecule has 0 radical (unpaired) electrons. The van der Waals surface area contributed by atoms with Crippen molar-refractivity contribution < 1.29 is 14.7 Å². The second-order valence-electron chi connectivity index (χ2n) is 5.33. The van der Waals surface area contributed by atoms with E-state index < -0.39 is 11.5 Å². The van der Waals surface area contributed by atoms with Crippen molar-refractivity contribution in [3.63, 3.8) is 0 Å². The highest BCUT2D eigenvalue weighted by Gasteiger charge is 2.40. The van der Waals surface area contributed by atoms with Crippen LogP contribution in [0.3, 0.4) is 0 Å². The van der Waals surface area contributed by atoms with Gasteiger partial charge in [-0.1, -0.05) is 6.07 Å². The highest BCUT2D eigenvalue weighted by atomic mass is 16.4. The molecule has 2 aromatic rings. The number of rotatable bonds is 4. The number of hydrogen-bond donors (Lipinski definition) is 3. The van der Waals surface area contributed by atoms with Gasteiger partial charge in [0, 0.05) is 10.9 Å². The third kappa shape index (κ3) is 2.24. The van der Waals surface area contributed by atoms with Gasteiger partial charge < -0.3 is 10.4 Å². The third-order valence-electron chi connectivity index (χ3n) is 3.88. The van der Waals surface area contributed by atoms with Crippen LogP contribution in [0.1, 0.15) is 36.0 Å². The molecule has 1 aliphatic carbocycles. The van der Waals surface area contributed by atoms with Gasteiger partial charge in [-0.2, -0.15) is 5.10 Å². The van der Waals surface area contributed by atoms with Gasteiger partial charge in [0.15, 0.2) is 0 Å². The summed E-state index contributed by atoms with van der Waals surface area (Å²) < 4.78 is 0. The summed E-state index contributed by atoms with van der Waals surface area (Å²) in [6.07, 6.45) is 4.06. The summed E-state index contributed by atoms with van der Waals surface area (Å²) >= 11 is 0. The lowest BCUT2D eigenvalue weighted by Crippen LogP contribution is -2.54. The van der Waals surface area contributed by atoms with E-state index >= 15 is 0 Å². The normalized spacial score (nSPS) is 16.6. The molecule has 1 aromatic carbocycles. The van der Waals surface area contributed by atoms with Gasteiger partial charge in [0.05, 0.1) is 23.7 Å². The van der Waals surface area contributed by atoms with E-state index in [0.717, 1.165) is 30.2 Å². The predicted molar refractivity (Wildman–Crippen MR) is 72.4 cm³/mol. The number of hydrogen-bond acceptors (Lipinski definition) is 3. The Morgan fingerprint density at radius 3 is 2.85 bits per heavy atom. The number of carboxylic acids is 1. The Kier molecular flexibility index (Phi) is 2.93. The lowest BCUT2D eigenvalue weighted by atomic mass is 9.74. The summed E-state index contributed by atoms with van der Waals surface area (Å²) in [6, 6.07) is 5.27. The van der Waals surface area contributed by atoms with Gasteiger partial charge in [-0.25, -0.2) is 0 Å². The number of nitrogens with zero attached hydrogens (tertiary/aromatic N) is 1. The van der Waals surface area contributed by atoms with E-state index in [2.05, 4.69) is 15.5 Å². The molecular weight excluding hydrogens is 258 g/mol. The molecule has 0 unspecified atom stereocenters. The second kappa shape index (κ2) is 4.63. The summed E-state index contributed by atoms with van der Waals surface area (Å²) in [5.41, 5.74) is 0.725. The average Bonchev–Trinajstić information content (AvgIpc) is 2.82. The smallest absolute Gasteiger partial charge is 0.305 e. The fraction of sp³-hybridized carbons (Fsp3) is 0.357. The topological polar surface area (TPSA) is 95.1 Å². The van der Waals surface area contributed by atoms with E-state index in [1.54, 1.807) is 18.3 Å². The number of fused-ring (bicyclic) bond motifs is 1. The number of carboxylic acid groups (broad SMARTS) is 1. The van der Waals surface area contributed by atoms with Gasteiger partial charge in [0.2, 0.25) is 0 Å². The van der Waals surface area contributed by atoms with Crippen LogP contribution in [0, 0.1) is 0 Å². The molecule has 1 saturated carbocycles. The van der Waals surface area contributed by atoms with E-state index in [0.29, 0.717) is 5.56 Å². The first kappa shape index (κ1) is 12.7. The number of amides is 1. The first-order valence-corrected chi connectivity index (χ1v) is 6.55. The van der Waals surface area contributed by atoms with Crippen molar-refractivity contribution in [3.05, 3.63) is 30.0 Å². The van der Waals surface area contributed by atoms with Gasteiger partial charge in [-0.3, -0.25) is 14.7 Å². The predicted octanol–water partition coefficient (Wildman–Crippen LogP) is 1.69. The van der Waals surface area contributed by atoms with Crippen molar-refractivity contribution in [3.8, 4) is 0 Å². The molecular formula is C14H15N3O3. The fourth-order valence-corrected chi connectivity index (χ4v) is 2.63. The van der Waals surface area contributed by atoms with Crippen molar-refractivity contribution in [2.24, 2.45) is 0 Å². The summed E-state index contributed by atoms with van der Waals surface area (Å²) in [5, 5.41) is 19.5. The molecule has 1 heterocycles. The van der Waals surface area contributed by atoms with Crippen LogP contribution in [0.5, 0.6) is 0 Å². The lowest BCUT2D eigenvalue weighted by Gasteiger charge is -2.41. The van der Waals surface area contributed by atoms with Crippen LogP contribution in [-0.4, -0.2) is 32.7 Å². The van der Waals surface area contributed by atoms with Gasteiger partial charge in [0.1, 0.15) is 0 Å². The Morgan fingerprint density at radius 2 is 2.20 bits per heavy atom. The maximum atomic E-state index is 12.3. The Hall–Kier alpha value is -2.37. The number of aromatic amines is 1. The van der Waals surface area contributed by atoms with E-state index in [9.17, 15) is 9.59 Å². The molecule has 104 valence electrons. The first-order chi connectivity index (χ1) is 9.58. The maximum Gasteiger partial charge on any atom is 0.305 e. The molecule has 0 spiro atoms. The molecule has 3 rings (SSSR count). The average molecular weight is 273 g/mol. The molecule has 0 atom stereocenters. The van der Waals surface area contributed by atoms with Crippen molar-refractivity contribution in [1.29, 1.82) is 0 Å². The van der Waals surface area contributed by atoms with Gasteiger partial charge in [-0.05, 0) is 31.4 Å². The van der Waals surface area contributed by atoms with Crippen molar-refractivity contribution in [2.75, 3.05) is 0 Å². The lowest BCUT2D eigenvalue weighted by molar-refractivity contribution is -0.139. The Bertz CT molecular complexity index is 673. The SMILES string of the molecule is O=C(O)CC1(NC(=O)c2ccc3cn[nH]c3c2)CCC1. The van der Waals surface area contributed by atoms with Gasteiger partial charge in [-0.15, -0.1) is 0 Å². The Balaban J connectivity index is 1.79. The van der Waals surface area contributed by atoms with Crippen molar-refractivity contribution in [1.82, 2.24) is 15.5 Å². The molecule has 3 N–H and O–H groups in total. The molecule has 1 aliphatic rings. The van der Waals surface area contributed by atoms with E-state index in [-0.39, 0.29) is 12.3 Å². The van der Waals surface area contributed by atoms with Crippen LogP contribution in [0.4, 0.5) is 0 Å². The van der Waals surface area contributed by atoms with Crippen LogP contribution >= 0.6 is 0 Å². The number of aromatic nitrogens is 2. The number of nitrogens with one attached hydrogen (secondary N) is 2. The van der Waals surface area contributed by atoms with E-state index in [1.165, 1.54) is 0 Å². The number of aliphatic carboxylic acids is 1. The fourth-order valence-electron chi connectivity index (χ4n) is 2.63. The van der Waals surface area contributed by atoms with Gasteiger partial charge in [0.25, 0.3) is 5.91 Å². The highest BCUT2D eigenvalue weighted by molar-refractivity contribution is 5.98. The Labute approximate surface area is 115 Å². The van der Waals surface area contributed by atoms with Crippen LogP contribution in [0.2, 0.25) is 0 Å². The monoisotopic (exact) mass is 273 g/mol. The van der Waals surface area contributed by atoms with E-state index in [4.69, 9.17) is 5.11 Å². The van der Waals surface area contributed by atoms with Crippen LogP contribution in [-0.2, 0) is 4.79 Å². The minimum atomic E-state index is -0.881. The van der Waals surface area contributed by atoms with Crippen molar-refractivity contribution in [2.45, 2.75) is 31.2 Å². The molecule has 1 fully saturated rings. The first-order valence-electron chi connectivity index (χ1n) is 6.55. The number of carbonyl (C=O) groups is 2. The van der Waals surface area contributed by atoms with Crippen molar-refractivity contribution >= 4 is 22.8 Å². The molecule has 1 aromatic heterocycles. The molecule has 6 heteroatoms. The number of H-pyrrole nitrogens is 1. The van der Waals surface area contributed by atoms with Crippen LogP contribution in [0.25, 0.3) is 10.9 Å². The van der Waals surface area contributed by atoms with E-state index in [1.807, 2.05) is 6.07 Å². The summed E-state index contributed by atoms with van der Waals surface area (Å²) in [4.78, 5) is 23.2. The molecule has 1 amide bonds. The molecule has 0 saturated heterocycles. The minimum absolute atomic E-state index is 0.0228. The Morgan fingerprint density at radius 1 is 1.40 bits per heavy atom. The minimum Gasteiger partial charge on any atom is -0.481 e. The molecule has 0 bridgehead atoms. The largest absolute Gasteiger partial charge is 0.481 e. The zero-order valence-electron chi connectivity index (χ0n) is 10.8. The third-order valence-corrected chi connectivity index (χ3v) is 3.88. The van der Waals surface area contributed by atoms with Gasteiger partial charge >= 0.3 is 5.97 Å². The number of carbonyl (C=O) groups excluding carboxylic acids is 1. The van der Waals surface area contributed by atoms with Crippen LogP contribution in [0.15, 0.2) is 24.4 Å². The highest BCUT2D eigenvalue weighted by Crippen LogP contribution is 2.35. The standard InChI is InChI=1S/C14H15N3O3/c18-12(19)7-14(4-1-5-14)16-13(20)9-2-3-10-8-15-17-11(10)6-9/h2-3,6,8H,1,4-5,7H2,(H,15,17)(H,16,20)(H,18,19). The quantitative estimate of drug-likeness (QED) is 0.790. The summed E-state index contributed by atoms with van der Waals surface area (Å²) in [6.45, 7) is 0. The summed E-state index contributed by atoms with van der Waals surface area (Å²) in [5.74, 6) is -1.11. The van der Waals surface area contributed by atoms with Crippen LogP contribution < -0.4 is 5.32 Å².